The van der Waals surface area contributed by atoms with Crippen molar-refractivity contribution in [1.29, 1.82) is 0 Å². The van der Waals surface area contributed by atoms with Crippen molar-refractivity contribution in [2.24, 2.45) is 0 Å². The van der Waals surface area contributed by atoms with Gasteiger partial charge in [-0.3, -0.25) is 9.11 Å². The van der Waals surface area contributed by atoms with Gasteiger partial charge in [0.1, 0.15) is 0 Å². The Morgan fingerprint density at radius 2 is 1.00 bits per heavy atom. The molecule has 0 aliphatic heterocycles. The molecule has 0 aromatic rings. The predicted octanol–water partition coefficient (Wildman–Crippen LogP) is -2.32. The zero-order valence-corrected chi connectivity index (χ0v) is 9.24. The van der Waals surface area contributed by atoms with Crippen LogP contribution in [0.4, 0.5) is 0 Å². The summed E-state index contributed by atoms with van der Waals surface area (Å²) in [4.78, 5) is 0. The zero-order valence-electron chi connectivity index (χ0n) is 5.87. The first-order valence-corrected chi connectivity index (χ1v) is 7.72. The quantitative estimate of drug-likeness (QED) is 0.399. The topological polar surface area (TPSA) is 193 Å². The van der Waals surface area contributed by atoms with Gasteiger partial charge in [-0.1, -0.05) is 0 Å². The van der Waals surface area contributed by atoms with Crippen LogP contribution in [0, 0.1) is 0 Å². The second kappa shape index (κ2) is 5.20. The molecular weight excluding hydrogens is 312 g/mol. The first-order valence-electron chi connectivity index (χ1n) is 2.06. The van der Waals surface area contributed by atoms with E-state index in [0.717, 1.165) is 0 Å². The van der Waals surface area contributed by atoms with E-state index >= 15 is 0 Å². The van der Waals surface area contributed by atoms with Crippen LogP contribution in [0.3, 0.4) is 0 Å². The van der Waals surface area contributed by atoms with E-state index < -0.39 is 37.6 Å². The van der Waals surface area contributed by atoms with Gasteiger partial charge in [0.2, 0.25) is 0 Å². The molecule has 0 saturated carbocycles. The van der Waals surface area contributed by atoms with Gasteiger partial charge in [-0.05, 0) is 0 Å². The maximum absolute atomic E-state index is 9.53. The van der Waals surface area contributed by atoms with Gasteiger partial charge < -0.3 is 0 Å². The Morgan fingerprint density at radius 1 is 0.857 bits per heavy atom. The van der Waals surface area contributed by atoms with E-state index in [4.69, 9.17) is 25.8 Å². The molecule has 0 heterocycles. The minimum atomic E-state index is -5.76. The fraction of sp³-hybridized carbons (Fsp3) is 0. The van der Waals surface area contributed by atoms with Crippen LogP contribution in [0.2, 0.25) is 0 Å². The average molecular weight is 316 g/mol. The van der Waals surface area contributed by atoms with Crippen LogP contribution in [0.15, 0.2) is 0 Å². The molecule has 0 aromatic carbocycles. The summed E-state index contributed by atoms with van der Waals surface area (Å²) in [6.07, 6.45) is 0. The van der Waals surface area contributed by atoms with Crippen LogP contribution in [-0.2, 0) is 55.7 Å². The second-order valence-corrected chi connectivity index (χ2v) is 6.03. The molecular formula is H4Cr2O11S. The Kier molecular flexibility index (Phi) is 6.10. The molecule has 0 aromatic heterocycles. The third kappa shape index (κ3) is 40.3. The monoisotopic (exact) mass is 316 g/mol. The van der Waals surface area contributed by atoms with E-state index in [2.05, 4.69) is 2.84 Å². The number of hydrogen-bond acceptors (Lipinski definition) is 7. The maximum atomic E-state index is 9.53. The summed E-state index contributed by atoms with van der Waals surface area (Å²) in [6.45, 7) is 0. The van der Waals surface area contributed by atoms with Crippen molar-refractivity contribution >= 4 is 10.4 Å². The molecule has 0 unspecified atom stereocenters. The first kappa shape index (κ1) is 16.4. The molecule has 0 atom stereocenters. The van der Waals surface area contributed by atoms with Crippen molar-refractivity contribution in [3.63, 3.8) is 0 Å². The molecule has 4 N–H and O–H groups in total. The van der Waals surface area contributed by atoms with Crippen LogP contribution in [0.25, 0.3) is 0 Å². The third-order valence-electron chi connectivity index (χ3n) is 0.172. The molecule has 88 valence electrons. The number of hydrogen-bond donors (Lipinski definition) is 4. The molecule has 14 heavy (non-hydrogen) atoms. The Labute approximate surface area is 81.7 Å². The Bertz CT molecular complexity index is 405. The number of rotatable bonds is 2. The predicted molar refractivity (Wildman–Crippen MR) is 22.4 cm³/mol. The molecule has 0 rings (SSSR count). The van der Waals surface area contributed by atoms with E-state index in [-0.39, 0.29) is 0 Å². The van der Waals surface area contributed by atoms with Gasteiger partial charge in [0, 0.05) is 0 Å². The normalized spacial score (nSPS) is 12.9. The molecule has 0 saturated heterocycles. The summed E-state index contributed by atoms with van der Waals surface area (Å²) in [5.41, 5.74) is 0. The zero-order chi connectivity index (χ0) is 12.2. The van der Waals surface area contributed by atoms with Gasteiger partial charge in [0.25, 0.3) is 0 Å². The third-order valence-corrected chi connectivity index (χ3v) is 2.92. The fourth-order valence-corrected chi connectivity index (χ4v) is 1.85. The minimum absolute atomic E-state index is 2.83. The van der Waals surface area contributed by atoms with E-state index in [1.54, 1.807) is 0 Å². The van der Waals surface area contributed by atoms with Gasteiger partial charge in [0.15, 0.2) is 0 Å². The van der Waals surface area contributed by atoms with Crippen molar-refractivity contribution in [2.45, 2.75) is 0 Å². The second-order valence-electron chi connectivity index (χ2n) is 1.37. The van der Waals surface area contributed by atoms with Crippen molar-refractivity contribution < 1.29 is 71.1 Å². The van der Waals surface area contributed by atoms with Crippen molar-refractivity contribution in [3.05, 3.63) is 0 Å². The molecule has 0 aliphatic carbocycles. The summed E-state index contributed by atoms with van der Waals surface area (Å²) < 4.78 is 87.8. The van der Waals surface area contributed by atoms with Gasteiger partial charge in [0.05, 0.1) is 0 Å². The Balaban J connectivity index is 0. The molecule has 0 fully saturated rings. The van der Waals surface area contributed by atoms with Crippen LogP contribution >= 0.6 is 0 Å². The SMILES string of the molecule is O=S(=O)(O)O.[O]=[Cr](=[O])([OH])[O][Cr](=[O])(=[O])[OH]. The standard InChI is InChI=1S/2Cr.H2O4S.2H2O.5O/c;;1-5(2,3)4;;;;;;;/h;;(H2,1,2,3,4);2*1H2;;;;;/q2*+1;;;;;;;;/p-2. The van der Waals surface area contributed by atoms with Crippen LogP contribution < -0.4 is 0 Å². The van der Waals surface area contributed by atoms with Crippen molar-refractivity contribution in [1.82, 2.24) is 0 Å². The van der Waals surface area contributed by atoms with E-state index in [1.165, 1.54) is 0 Å². The molecule has 0 aliphatic rings. The summed E-state index contributed by atoms with van der Waals surface area (Å²) in [6, 6.07) is 0. The molecule has 14 heteroatoms. The van der Waals surface area contributed by atoms with E-state index in [1.807, 2.05) is 0 Å². The first-order chi connectivity index (χ1) is 5.71. The van der Waals surface area contributed by atoms with Crippen LogP contribution in [0.1, 0.15) is 0 Å². The summed E-state index contributed by atoms with van der Waals surface area (Å²) >= 11 is -11.5. The Hall–Kier alpha value is 0.0149. The molecule has 0 amide bonds. The van der Waals surface area contributed by atoms with Crippen molar-refractivity contribution in [3.8, 4) is 0 Å². The van der Waals surface area contributed by atoms with Gasteiger partial charge in [-0.15, -0.1) is 0 Å². The Morgan fingerprint density at radius 3 is 1.00 bits per heavy atom. The van der Waals surface area contributed by atoms with E-state index in [9.17, 15) is 15.2 Å². The van der Waals surface area contributed by atoms with Crippen molar-refractivity contribution in [2.75, 3.05) is 0 Å². The molecule has 0 spiro atoms. The van der Waals surface area contributed by atoms with Crippen LogP contribution in [-0.4, -0.2) is 25.8 Å². The van der Waals surface area contributed by atoms with Gasteiger partial charge >= 0.3 is 64.0 Å². The van der Waals surface area contributed by atoms with E-state index in [0.29, 0.717) is 0 Å². The summed E-state index contributed by atoms with van der Waals surface area (Å²) in [7, 11) is -4.67. The van der Waals surface area contributed by atoms with Gasteiger partial charge in [-0.25, -0.2) is 0 Å². The molecule has 11 nitrogen and oxygen atoms in total. The summed E-state index contributed by atoms with van der Waals surface area (Å²) in [5.74, 6) is 0. The van der Waals surface area contributed by atoms with Gasteiger partial charge in [-0.2, -0.15) is 8.42 Å². The fourth-order valence-electron chi connectivity index (χ4n) is 0.109. The summed E-state index contributed by atoms with van der Waals surface area (Å²) in [5, 5.41) is 0. The average Bonchev–Trinajstić information content (AvgIpc) is 1.42. The molecule has 0 bridgehead atoms. The van der Waals surface area contributed by atoms with Crippen LogP contribution in [0.5, 0.6) is 0 Å². The molecule has 0 radical (unpaired) electrons.